The molecule has 0 aromatic rings. The van der Waals surface area contributed by atoms with E-state index in [0.29, 0.717) is 19.3 Å². The van der Waals surface area contributed by atoms with Gasteiger partial charge in [-0.25, -0.2) is 9.13 Å². The van der Waals surface area contributed by atoms with E-state index in [-0.39, 0.29) is 19.3 Å². The van der Waals surface area contributed by atoms with Gasteiger partial charge in [-0.15, -0.1) is 0 Å². The van der Waals surface area contributed by atoms with Gasteiger partial charge in [0.2, 0.25) is 0 Å². The molecule has 5 atom stereocenters. The van der Waals surface area contributed by atoms with Crippen LogP contribution >= 0.6 is 15.6 Å². The largest absolute Gasteiger partial charge is 0.472 e. The second-order valence-electron chi connectivity index (χ2n) is 24.0. The van der Waals surface area contributed by atoms with Crippen molar-refractivity contribution in [1.29, 1.82) is 0 Å². The number of rotatable bonds is 68. The molecule has 0 bridgehead atoms. The van der Waals surface area contributed by atoms with E-state index in [1.165, 1.54) is 70.6 Å². The number of esters is 3. The van der Waals surface area contributed by atoms with E-state index in [1.54, 1.807) is 0 Å². The zero-order chi connectivity index (χ0) is 68.1. The van der Waals surface area contributed by atoms with Gasteiger partial charge in [0.05, 0.1) is 26.4 Å². The van der Waals surface area contributed by atoms with Crippen LogP contribution in [0.15, 0.2) is 109 Å². The fourth-order valence-corrected chi connectivity index (χ4v) is 11.1. The molecule has 0 saturated heterocycles. The minimum atomic E-state index is -4.92. The Morgan fingerprint density at radius 2 is 0.570 bits per heavy atom. The van der Waals surface area contributed by atoms with Gasteiger partial charge in [0.25, 0.3) is 0 Å². The predicted molar refractivity (Wildman–Crippen MR) is 380 cm³/mol. The third-order valence-electron chi connectivity index (χ3n) is 15.0. The first-order chi connectivity index (χ1) is 45.2. The van der Waals surface area contributed by atoms with E-state index in [9.17, 15) is 43.5 Å². The summed E-state index contributed by atoms with van der Waals surface area (Å²) >= 11 is 0. The Morgan fingerprint density at radius 1 is 0.312 bits per heavy atom. The number of carbonyl (C=O) groups is 3. The summed E-state index contributed by atoms with van der Waals surface area (Å²) in [5.74, 6) is -1.58. The predicted octanol–water partition coefficient (Wildman–Crippen LogP) is 20.4. The first-order valence-electron chi connectivity index (χ1n) is 36.2. The molecule has 0 heterocycles. The number of phosphoric ester groups is 2. The van der Waals surface area contributed by atoms with Gasteiger partial charge in [-0.3, -0.25) is 32.5 Å². The molecule has 0 aromatic carbocycles. The Labute approximate surface area is 564 Å². The summed E-state index contributed by atoms with van der Waals surface area (Å²) in [6.45, 7) is 2.43. The maximum Gasteiger partial charge on any atom is 0.472 e. The highest BCUT2D eigenvalue weighted by Crippen LogP contribution is 2.45. The van der Waals surface area contributed by atoms with Crippen LogP contribution in [0.3, 0.4) is 0 Å². The van der Waals surface area contributed by atoms with E-state index in [0.717, 1.165) is 161 Å². The molecule has 0 saturated carbocycles. The van der Waals surface area contributed by atoms with E-state index in [2.05, 4.69) is 130 Å². The Bertz CT molecular complexity index is 2130. The second-order valence-corrected chi connectivity index (χ2v) is 26.9. The summed E-state index contributed by atoms with van der Waals surface area (Å²) < 4.78 is 60.9. The summed E-state index contributed by atoms with van der Waals surface area (Å²) in [4.78, 5) is 58.4. The molecule has 16 nitrogen and oxygen atoms in total. The first kappa shape index (κ1) is 89.2. The molecule has 0 aliphatic heterocycles. The van der Waals surface area contributed by atoms with Crippen LogP contribution in [0, 0.1) is 0 Å². The van der Waals surface area contributed by atoms with Gasteiger partial charge in [0.15, 0.2) is 6.10 Å². The van der Waals surface area contributed by atoms with Crippen LogP contribution in [0.1, 0.15) is 290 Å². The SMILES string of the molecule is CC/C=C\C/C=C\C/C=C\C/C=C\C/C=C\C/C=C\CCCCCCCCCCCCC(=O)OCC(O)COP(=O)(O)OCC(O)COP(=O)(O)OCC(COC(=O)CCCCCCCCC/C=C\C/C=C\C/C=C\CC)OC(=O)CCCCCCCCCCCCC. The van der Waals surface area contributed by atoms with Crippen molar-refractivity contribution in [3.05, 3.63) is 109 Å². The Balaban J connectivity index is 4.44. The average Bonchev–Trinajstić information content (AvgIpc) is 2.42. The number of hydrogen-bond donors (Lipinski definition) is 4. The van der Waals surface area contributed by atoms with Crippen LogP contribution in [0.5, 0.6) is 0 Å². The topological polar surface area (TPSA) is 231 Å². The summed E-state index contributed by atoms with van der Waals surface area (Å²) in [6, 6.07) is 0. The zero-order valence-electron chi connectivity index (χ0n) is 58.1. The van der Waals surface area contributed by atoms with Crippen LogP contribution in [0.2, 0.25) is 0 Å². The number of ether oxygens (including phenoxy) is 3. The van der Waals surface area contributed by atoms with Crippen molar-refractivity contribution in [2.45, 2.75) is 309 Å². The van der Waals surface area contributed by atoms with Crippen molar-refractivity contribution in [3.8, 4) is 0 Å². The van der Waals surface area contributed by atoms with Gasteiger partial charge >= 0.3 is 33.6 Å². The third-order valence-corrected chi connectivity index (χ3v) is 16.9. The number of aliphatic hydroxyl groups excluding tert-OH is 2. The lowest BCUT2D eigenvalue weighted by atomic mass is 10.1. The number of hydrogen-bond acceptors (Lipinski definition) is 14. The van der Waals surface area contributed by atoms with E-state index >= 15 is 0 Å². The van der Waals surface area contributed by atoms with E-state index in [1.807, 2.05) is 0 Å². The van der Waals surface area contributed by atoms with Crippen molar-refractivity contribution in [2.24, 2.45) is 0 Å². The van der Waals surface area contributed by atoms with E-state index in [4.69, 9.17) is 32.3 Å². The summed E-state index contributed by atoms with van der Waals surface area (Å²) in [5, 5.41) is 20.6. The summed E-state index contributed by atoms with van der Waals surface area (Å²) in [5.41, 5.74) is 0. The summed E-state index contributed by atoms with van der Waals surface area (Å²) in [6.07, 6.45) is 77.2. The fraction of sp³-hybridized carbons (Fsp3) is 0.720. The van der Waals surface area contributed by atoms with Crippen LogP contribution in [-0.2, 0) is 55.8 Å². The van der Waals surface area contributed by atoms with Gasteiger partial charge in [0, 0.05) is 19.3 Å². The van der Waals surface area contributed by atoms with Crippen molar-refractivity contribution in [1.82, 2.24) is 0 Å². The van der Waals surface area contributed by atoms with Gasteiger partial charge in [-0.2, -0.15) is 0 Å². The monoisotopic (exact) mass is 1350 g/mol. The summed E-state index contributed by atoms with van der Waals surface area (Å²) in [7, 11) is -9.77. The van der Waals surface area contributed by atoms with Crippen molar-refractivity contribution in [3.63, 3.8) is 0 Å². The van der Waals surface area contributed by atoms with Crippen LogP contribution < -0.4 is 0 Å². The molecule has 0 spiro atoms. The Hall–Kier alpha value is -3.79. The maximum absolute atomic E-state index is 12.9. The highest BCUT2D eigenvalue weighted by Gasteiger charge is 2.29. The molecule has 93 heavy (non-hydrogen) atoms. The number of aliphatic hydroxyl groups is 2. The third kappa shape index (κ3) is 69.4. The molecule has 18 heteroatoms. The first-order valence-corrected chi connectivity index (χ1v) is 39.2. The Kier molecular flexibility index (Phi) is 65.4. The molecule has 536 valence electrons. The van der Waals surface area contributed by atoms with Crippen LogP contribution in [-0.4, -0.2) is 95.9 Å². The minimum Gasteiger partial charge on any atom is -0.463 e. The van der Waals surface area contributed by atoms with Gasteiger partial charge < -0.3 is 34.2 Å². The molecule has 4 N–H and O–H groups in total. The molecule has 0 aliphatic rings. The average molecular weight is 1350 g/mol. The number of unbranched alkanes of at least 4 members (excludes halogenated alkanes) is 27. The lowest BCUT2D eigenvalue weighted by molar-refractivity contribution is -0.161. The van der Waals surface area contributed by atoms with Crippen molar-refractivity contribution < 1.29 is 75.8 Å². The minimum absolute atomic E-state index is 0.104. The zero-order valence-corrected chi connectivity index (χ0v) is 59.9. The molecule has 0 radical (unpaired) electrons. The second kappa shape index (κ2) is 68.2. The maximum atomic E-state index is 12.9. The Morgan fingerprint density at radius 3 is 0.903 bits per heavy atom. The molecule has 0 aliphatic carbocycles. The molecule has 0 aromatic heterocycles. The van der Waals surface area contributed by atoms with Crippen molar-refractivity contribution >= 4 is 33.6 Å². The number of carbonyl (C=O) groups excluding carboxylic acids is 3. The molecule has 5 unspecified atom stereocenters. The van der Waals surface area contributed by atoms with E-state index < -0.39 is 91.5 Å². The number of phosphoric acid groups is 2. The van der Waals surface area contributed by atoms with Gasteiger partial charge in [-0.05, 0) is 103 Å². The lowest BCUT2D eigenvalue weighted by Crippen LogP contribution is -2.30. The highest BCUT2D eigenvalue weighted by molar-refractivity contribution is 7.47. The molecular formula is C75H130O16P2. The normalized spacial score (nSPS) is 14.8. The smallest absolute Gasteiger partial charge is 0.463 e. The molecular weight excluding hydrogens is 1220 g/mol. The standard InChI is InChI=1S/C75H130O16P2/c1-4-7-10-13-16-19-22-24-26-28-29-30-31-32-33-34-35-36-37-38-39-41-43-44-47-49-52-55-58-61-73(78)85-64-70(76)65-87-92(81,82)88-66-71(77)67-89-93(83,84)90-69-72(91-75(80)63-60-57-54-51-46-21-18-15-12-9-6-3)68-86-74(79)62-59-56-53-50-48-45-42-40-27-25-23-20-17-14-11-8-5-2/h7-8,10-11,16-17,19-20,24-27,29-30,32-33,35-36,70-72,76-77H,4-6,9,12-15,18,21-23,28,31,34,37-69H2,1-3H3,(H,81,82)(H,83,84)/b10-7-,11-8-,19-16-,20-17-,26-24-,27-25-,30-29-,33-32-,36-35-. The lowest BCUT2D eigenvalue weighted by Gasteiger charge is -2.21. The van der Waals surface area contributed by atoms with Crippen LogP contribution in [0.4, 0.5) is 0 Å². The highest BCUT2D eigenvalue weighted by atomic mass is 31.2. The molecule has 0 amide bonds. The van der Waals surface area contributed by atoms with Crippen molar-refractivity contribution in [2.75, 3.05) is 39.6 Å². The number of allylic oxidation sites excluding steroid dienone is 18. The molecule has 0 fully saturated rings. The van der Waals surface area contributed by atoms with Crippen LogP contribution in [0.25, 0.3) is 0 Å². The van der Waals surface area contributed by atoms with Gasteiger partial charge in [-0.1, -0.05) is 278 Å². The van der Waals surface area contributed by atoms with Gasteiger partial charge in [0.1, 0.15) is 25.4 Å². The fourth-order valence-electron chi connectivity index (χ4n) is 9.53. The molecule has 0 rings (SSSR count). The quantitative estimate of drug-likeness (QED) is 0.0146.